The molecule has 2 heterocycles. The van der Waals surface area contributed by atoms with E-state index in [4.69, 9.17) is 5.11 Å². The Morgan fingerprint density at radius 3 is 2.84 bits per heavy atom. The number of carboxylic acids is 1. The van der Waals surface area contributed by atoms with Gasteiger partial charge in [-0.3, -0.25) is 4.90 Å². The molecule has 0 saturated carbocycles. The molecule has 0 spiro atoms. The standard InChI is InChI=1S/C14H15NO2S2/c1-15(8-12-3-2-6-18-12)9-13-7-11(10-19-13)4-5-14(16)17/h2-7,10H,8-9H2,1H3,(H,16,17). The van der Waals surface area contributed by atoms with Gasteiger partial charge in [-0.25, -0.2) is 4.79 Å². The largest absolute Gasteiger partial charge is 0.478 e. The molecular weight excluding hydrogens is 278 g/mol. The molecule has 1 N–H and O–H groups in total. The van der Waals surface area contributed by atoms with Crippen LogP contribution in [-0.2, 0) is 17.9 Å². The van der Waals surface area contributed by atoms with Gasteiger partial charge in [-0.15, -0.1) is 22.7 Å². The molecule has 0 aromatic carbocycles. The van der Waals surface area contributed by atoms with Gasteiger partial charge in [-0.05, 0) is 41.6 Å². The SMILES string of the molecule is CN(Cc1cccs1)Cc1cc(C=CC(=O)O)cs1. The third kappa shape index (κ3) is 4.63. The first-order valence-corrected chi connectivity index (χ1v) is 7.59. The van der Waals surface area contributed by atoms with E-state index in [1.165, 1.54) is 15.8 Å². The first kappa shape index (κ1) is 14.0. The minimum absolute atomic E-state index is 0.878. The zero-order valence-electron chi connectivity index (χ0n) is 10.6. The predicted molar refractivity (Wildman–Crippen MR) is 80.5 cm³/mol. The molecule has 0 aliphatic rings. The summed E-state index contributed by atoms with van der Waals surface area (Å²) in [5.74, 6) is -0.914. The lowest BCUT2D eigenvalue weighted by Gasteiger charge is -2.13. The maximum Gasteiger partial charge on any atom is 0.328 e. The molecule has 100 valence electrons. The van der Waals surface area contributed by atoms with Crippen molar-refractivity contribution in [3.05, 3.63) is 50.4 Å². The highest BCUT2D eigenvalue weighted by Crippen LogP contribution is 2.19. The second-order valence-electron chi connectivity index (χ2n) is 4.27. The fraction of sp³-hybridized carbons (Fsp3) is 0.214. The Morgan fingerprint density at radius 2 is 2.16 bits per heavy atom. The molecule has 2 aromatic rings. The number of nitrogens with zero attached hydrogens (tertiary/aromatic N) is 1. The Kier molecular flexibility index (Phi) is 4.90. The number of hydrogen-bond donors (Lipinski definition) is 1. The van der Waals surface area contributed by atoms with E-state index < -0.39 is 5.97 Å². The quantitative estimate of drug-likeness (QED) is 0.828. The van der Waals surface area contributed by atoms with Crippen molar-refractivity contribution < 1.29 is 9.90 Å². The van der Waals surface area contributed by atoms with Crippen LogP contribution < -0.4 is 0 Å². The lowest BCUT2D eigenvalue weighted by molar-refractivity contribution is -0.131. The van der Waals surface area contributed by atoms with E-state index in [1.807, 2.05) is 11.4 Å². The second kappa shape index (κ2) is 6.65. The Morgan fingerprint density at radius 1 is 1.37 bits per heavy atom. The summed E-state index contributed by atoms with van der Waals surface area (Å²) in [6.07, 6.45) is 2.79. The van der Waals surface area contributed by atoms with Crippen molar-refractivity contribution in [2.75, 3.05) is 7.05 Å². The third-order valence-corrected chi connectivity index (χ3v) is 4.32. The topological polar surface area (TPSA) is 40.5 Å². The average Bonchev–Trinajstić information content (AvgIpc) is 2.98. The molecule has 0 amide bonds. The number of thiophene rings is 2. The Hall–Kier alpha value is -1.43. The van der Waals surface area contributed by atoms with Crippen LogP contribution in [0.1, 0.15) is 15.3 Å². The maximum atomic E-state index is 10.4. The van der Waals surface area contributed by atoms with E-state index in [0.717, 1.165) is 18.7 Å². The molecule has 0 fully saturated rings. The van der Waals surface area contributed by atoms with Gasteiger partial charge in [0.2, 0.25) is 0 Å². The summed E-state index contributed by atoms with van der Waals surface area (Å²) in [5, 5.41) is 12.6. The molecule has 3 nitrogen and oxygen atoms in total. The molecule has 0 radical (unpaired) electrons. The second-order valence-corrected chi connectivity index (χ2v) is 6.30. The molecule has 0 aliphatic heterocycles. The average molecular weight is 293 g/mol. The molecule has 0 bridgehead atoms. The van der Waals surface area contributed by atoms with Crippen LogP contribution in [0.3, 0.4) is 0 Å². The van der Waals surface area contributed by atoms with Crippen LogP contribution in [0.15, 0.2) is 35.0 Å². The van der Waals surface area contributed by atoms with E-state index in [2.05, 4.69) is 29.5 Å². The summed E-state index contributed by atoms with van der Waals surface area (Å²) in [4.78, 5) is 15.3. The zero-order chi connectivity index (χ0) is 13.7. The normalized spacial score (nSPS) is 11.5. The monoisotopic (exact) mass is 293 g/mol. The van der Waals surface area contributed by atoms with Crippen LogP contribution in [0.2, 0.25) is 0 Å². The van der Waals surface area contributed by atoms with Gasteiger partial charge in [0.25, 0.3) is 0 Å². The molecule has 0 unspecified atom stereocenters. The minimum Gasteiger partial charge on any atom is -0.478 e. The lowest BCUT2D eigenvalue weighted by atomic mass is 10.3. The van der Waals surface area contributed by atoms with Gasteiger partial charge in [0.15, 0.2) is 0 Å². The first-order chi connectivity index (χ1) is 9.13. The van der Waals surface area contributed by atoms with Gasteiger partial charge in [0.05, 0.1) is 0 Å². The van der Waals surface area contributed by atoms with E-state index in [0.29, 0.717) is 0 Å². The third-order valence-electron chi connectivity index (χ3n) is 2.52. The van der Waals surface area contributed by atoms with Gasteiger partial charge in [-0.1, -0.05) is 6.07 Å². The van der Waals surface area contributed by atoms with Crippen LogP contribution in [0.5, 0.6) is 0 Å². The summed E-state index contributed by atoms with van der Waals surface area (Å²) in [7, 11) is 2.09. The smallest absolute Gasteiger partial charge is 0.328 e. The van der Waals surface area contributed by atoms with Crippen molar-refractivity contribution in [2.24, 2.45) is 0 Å². The Labute approximate surface area is 120 Å². The van der Waals surface area contributed by atoms with Crippen molar-refractivity contribution >= 4 is 34.7 Å². The maximum absolute atomic E-state index is 10.4. The molecule has 5 heteroatoms. The van der Waals surface area contributed by atoms with Gasteiger partial charge < -0.3 is 5.11 Å². The van der Waals surface area contributed by atoms with Gasteiger partial charge in [0.1, 0.15) is 0 Å². The molecule has 2 rings (SSSR count). The number of carboxylic acid groups (broad SMARTS) is 1. The Bertz CT molecular complexity index is 558. The summed E-state index contributed by atoms with van der Waals surface area (Å²) in [6.45, 7) is 1.82. The summed E-state index contributed by atoms with van der Waals surface area (Å²) in [6, 6.07) is 6.24. The van der Waals surface area contributed by atoms with Crippen molar-refractivity contribution in [2.45, 2.75) is 13.1 Å². The highest BCUT2D eigenvalue weighted by atomic mass is 32.1. The predicted octanol–water partition coefficient (Wildman–Crippen LogP) is 3.54. The highest BCUT2D eigenvalue weighted by molar-refractivity contribution is 7.10. The lowest BCUT2D eigenvalue weighted by Crippen LogP contribution is -2.15. The van der Waals surface area contributed by atoms with E-state index in [1.54, 1.807) is 28.7 Å². The minimum atomic E-state index is -0.914. The van der Waals surface area contributed by atoms with E-state index in [-0.39, 0.29) is 0 Å². The van der Waals surface area contributed by atoms with Crippen molar-refractivity contribution in [1.29, 1.82) is 0 Å². The van der Waals surface area contributed by atoms with E-state index in [9.17, 15) is 4.79 Å². The van der Waals surface area contributed by atoms with Crippen LogP contribution in [0, 0.1) is 0 Å². The molecule has 2 aromatic heterocycles. The van der Waals surface area contributed by atoms with Crippen LogP contribution >= 0.6 is 22.7 Å². The molecule has 0 aliphatic carbocycles. The summed E-state index contributed by atoms with van der Waals surface area (Å²) < 4.78 is 0. The molecular formula is C14H15NO2S2. The number of rotatable bonds is 6. The van der Waals surface area contributed by atoms with Gasteiger partial charge >= 0.3 is 5.97 Å². The summed E-state index contributed by atoms with van der Waals surface area (Å²) in [5.41, 5.74) is 0.951. The van der Waals surface area contributed by atoms with Crippen LogP contribution in [0.4, 0.5) is 0 Å². The Balaban J connectivity index is 1.90. The van der Waals surface area contributed by atoms with Crippen molar-refractivity contribution in [3.63, 3.8) is 0 Å². The summed E-state index contributed by atoms with van der Waals surface area (Å²) >= 11 is 3.42. The highest BCUT2D eigenvalue weighted by Gasteiger charge is 2.04. The fourth-order valence-corrected chi connectivity index (χ4v) is 3.44. The van der Waals surface area contributed by atoms with Crippen LogP contribution in [-0.4, -0.2) is 23.0 Å². The van der Waals surface area contributed by atoms with Gasteiger partial charge in [0, 0.05) is 28.9 Å². The number of aliphatic carboxylic acids is 1. The number of hydrogen-bond acceptors (Lipinski definition) is 4. The first-order valence-electron chi connectivity index (χ1n) is 5.83. The van der Waals surface area contributed by atoms with Crippen LogP contribution in [0.25, 0.3) is 6.08 Å². The van der Waals surface area contributed by atoms with Crippen molar-refractivity contribution in [1.82, 2.24) is 4.90 Å². The molecule has 0 saturated heterocycles. The number of carbonyl (C=O) groups is 1. The molecule has 19 heavy (non-hydrogen) atoms. The van der Waals surface area contributed by atoms with Crippen molar-refractivity contribution in [3.8, 4) is 0 Å². The fourth-order valence-electron chi connectivity index (χ4n) is 1.73. The van der Waals surface area contributed by atoms with Gasteiger partial charge in [-0.2, -0.15) is 0 Å². The zero-order valence-corrected chi connectivity index (χ0v) is 12.2. The van der Waals surface area contributed by atoms with E-state index >= 15 is 0 Å². The molecule has 0 atom stereocenters.